The van der Waals surface area contributed by atoms with Crippen LogP contribution in [0.25, 0.3) is 10.9 Å². The second-order valence-electron chi connectivity index (χ2n) is 7.69. The maximum Gasteiger partial charge on any atom is 0.220 e. The average molecular weight is 395 g/mol. The van der Waals surface area contributed by atoms with Gasteiger partial charge in [-0.3, -0.25) is 4.79 Å². The molecule has 0 fully saturated rings. The first kappa shape index (κ1) is 20.8. The first-order valence-electron chi connectivity index (χ1n) is 10.1. The average Bonchev–Trinajstić information content (AvgIpc) is 3.15. The number of carbonyl (C=O) groups is 1. The van der Waals surface area contributed by atoms with Crippen LogP contribution in [-0.4, -0.2) is 31.7 Å². The number of carbonyl (C=O) groups excluding carboxylic acids is 1. The van der Waals surface area contributed by atoms with Crippen LogP contribution >= 0.6 is 0 Å². The van der Waals surface area contributed by atoms with Gasteiger partial charge >= 0.3 is 0 Å². The molecule has 29 heavy (non-hydrogen) atoms. The van der Waals surface area contributed by atoms with Gasteiger partial charge in [0.05, 0.1) is 14.2 Å². The lowest BCUT2D eigenvalue weighted by Crippen LogP contribution is -2.27. The van der Waals surface area contributed by atoms with Crippen LogP contribution in [0.15, 0.2) is 48.7 Å². The Morgan fingerprint density at radius 1 is 1.07 bits per heavy atom. The number of fused-ring (bicyclic) bond motifs is 1. The number of H-pyrrole nitrogens is 1. The summed E-state index contributed by atoms with van der Waals surface area (Å²) in [6.07, 6.45) is 3.32. The van der Waals surface area contributed by atoms with Crippen molar-refractivity contribution in [3.8, 4) is 11.5 Å². The Labute approximate surface area is 172 Å². The monoisotopic (exact) mass is 394 g/mol. The van der Waals surface area contributed by atoms with Crippen LogP contribution in [0.2, 0.25) is 0 Å². The van der Waals surface area contributed by atoms with Crippen LogP contribution in [-0.2, 0) is 4.79 Å². The molecular formula is C24H30N2O3. The van der Waals surface area contributed by atoms with Crippen molar-refractivity contribution in [2.45, 2.75) is 32.6 Å². The maximum absolute atomic E-state index is 12.8. The number of ether oxygens (including phenoxy) is 2. The highest BCUT2D eigenvalue weighted by atomic mass is 16.5. The molecule has 1 atom stereocenters. The van der Waals surface area contributed by atoms with E-state index in [-0.39, 0.29) is 11.8 Å². The second-order valence-corrected chi connectivity index (χ2v) is 7.69. The highest BCUT2D eigenvalue weighted by Crippen LogP contribution is 2.39. The predicted molar refractivity (Wildman–Crippen MR) is 117 cm³/mol. The van der Waals surface area contributed by atoms with Crippen LogP contribution in [0.5, 0.6) is 11.5 Å². The molecule has 2 N–H and O–H groups in total. The first-order valence-corrected chi connectivity index (χ1v) is 10.1. The van der Waals surface area contributed by atoms with E-state index >= 15 is 0 Å². The molecule has 154 valence electrons. The van der Waals surface area contributed by atoms with Crippen LogP contribution in [0.1, 0.15) is 43.7 Å². The third-order valence-electron chi connectivity index (χ3n) is 5.25. The van der Waals surface area contributed by atoms with E-state index in [1.807, 2.05) is 42.6 Å². The molecule has 1 unspecified atom stereocenters. The molecule has 2 aromatic carbocycles. The van der Waals surface area contributed by atoms with Gasteiger partial charge in [0.15, 0.2) is 0 Å². The van der Waals surface area contributed by atoms with Gasteiger partial charge in [-0.25, -0.2) is 0 Å². The molecule has 5 heteroatoms. The first-order chi connectivity index (χ1) is 14.0. The van der Waals surface area contributed by atoms with Crippen molar-refractivity contribution >= 4 is 16.8 Å². The third kappa shape index (κ3) is 4.91. The summed E-state index contributed by atoms with van der Waals surface area (Å²) in [6, 6.07) is 13.9. The Morgan fingerprint density at radius 3 is 2.59 bits per heavy atom. The highest BCUT2D eigenvalue weighted by Gasteiger charge is 2.24. The van der Waals surface area contributed by atoms with Gasteiger partial charge in [0.1, 0.15) is 11.5 Å². The van der Waals surface area contributed by atoms with Gasteiger partial charge in [-0.1, -0.05) is 38.1 Å². The van der Waals surface area contributed by atoms with Crippen LogP contribution in [0.4, 0.5) is 0 Å². The maximum atomic E-state index is 12.8. The molecule has 1 aromatic heterocycles. The molecule has 0 saturated carbocycles. The minimum atomic E-state index is -0.133. The number of nitrogens with one attached hydrogen (secondary N) is 2. The smallest absolute Gasteiger partial charge is 0.220 e. The molecule has 0 bridgehead atoms. The lowest BCUT2D eigenvalue weighted by molar-refractivity contribution is -0.121. The van der Waals surface area contributed by atoms with Crippen molar-refractivity contribution in [3.05, 3.63) is 59.8 Å². The number of aromatic nitrogens is 1. The molecule has 0 aliphatic rings. The zero-order chi connectivity index (χ0) is 20.8. The van der Waals surface area contributed by atoms with Crippen molar-refractivity contribution in [1.82, 2.24) is 10.3 Å². The van der Waals surface area contributed by atoms with Gasteiger partial charge in [0.25, 0.3) is 0 Å². The fourth-order valence-corrected chi connectivity index (χ4v) is 3.63. The summed E-state index contributed by atoms with van der Waals surface area (Å²) in [6.45, 7) is 5.00. The van der Waals surface area contributed by atoms with Gasteiger partial charge in [0.2, 0.25) is 5.91 Å². The SMILES string of the molecule is COc1ccc(C(CC(=O)NCCC(C)C)c2c[nH]c3ccccc23)c(OC)c1. The van der Waals surface area contributed by atoms with Gasteiger partial charge in [0, 0.05) is 47.6 Å². The Kier molecular flexibility index (Phi) is 6.81. The molecule has 1 amide bonds. The number of hydrogen-bond donors (Lipinski definition) is 2. The lowest BCUT2D eigenvalue weighted by Gasteiger charge is -2.20. The van der Waals surface area contributed by atoms with E-state index in [0.717, 1.165) is 39.9 Å². The van der Waals surface area contributed by atoms with E-state index in [1.165, 1.54) is 0 Å². The minimum Gasteiger partial charge on any atom is -0.497 e. The van der Waals surface area contributed by atoms with Crippen molar-refractivity contribution < 1.29 is 14.3 Å². The van der Waals surface area contributed by atoms with Gasteiger partial charge in [-0.15, -0.1) is 0 Å². The molecule has 3 aromatic rings. The van der Waals surface area contributed by atoms with E-state index in [4.69, 9.17) is 9.47 Å². The summed E-state index contributed by atoms with van der Waals surface area (Å²) < 4.78 is 11.0. The molecule has 0 saturated heterocycles. The molecule has 0 aliphatic heterocycles. The summed E-state index contributed by atoms with van der Waals surface area (Å²) in [7, 11) is 3.28. The quantitative estimate of drug-likeness (QED) is 0.544. The molecular weight excluding hydrogens is 364 g/mol. The van der Waals surface area contributed by atoms with Crippen molar-refractivity contribution in [1.29, 1.82) is 0 Å². The molecule has 0 spiro atoms. The number of para-hydroxylation sites is 1. The summed E-state index contributed by atoms with van der Waals surface area (Å²) in [5.41, 5.74) is 3.11. The zero-order valence-corrected chi connectivity index (χ0v) is 17.6. The van der Waals surface area contributed by atoms with E-state index in [2.05, 4.69) is 30.2 Å². The summed E-state index contributed by atoms with van der Waals surface area (Å²) in [5.74, 6) is 1.91. The molecule has 1 heterocycles. The number of benzene rings is 2. The Hall–Kier alpha value is -2.95. The Morgan fingerprint density at radius 2 is 1.86 bits per heavy atom. The molecule has 0 aliphatic carbocycles. The van der Waals surface area contributed by atoms with E-state index in [1.54, 1.807) is 14.2 Å². The van der Waals surface area contributed by atoms with Gasteiger partial charge < -0.3 is 19.8 Å². The van der Waals surface area contributed by atoms with E-state index in [9.17, 15) is 4.79 Å². The predicted octanol–water partition coefficient (Wildman–Crippen LogP) is 4.87. The minimum absolute atomic E-state index is 0.0406. The summed E-state index contributed by atoms with van der Waals surface area (Å²) in [4.78, 5) is 16.1. The third-order valence-corrected chi connectivity index (χ3v) is 5.25. The Bertz CT molecular complexity index is 962. The normalized spacial score (nSPS) is 12.2. The van der Waals surface area contributed by atoms with Crippen LogP contribution in [0, 0.1) is 5.92 Å². The largest absolute Gasteiger partial charge is 0.497 e. The Balaban J connectivity index is 1.97. The summed E-state index contributed by atoms with van der Waals surface area (Å²) >= 11 is 0. The topological polar surface area (TPSA) is 63.3 Å². The number of hydrogen-bond acceptors (Lipinski definition) is 3. The van der Waals surface area contributed by atoms with Crippen molar-refractivity contribution in [2.75, 3.05) is 20.8 Å². The molecule has 5 nitrogen and oxygen atoms in total. The van der Waals surface area contributed by atoms with Crippen molar-refractivity contribution in [2.24, 2.45) is 5.92 Å². The van der Waals surface area contributed by atoms with Crippen LogP contribution < -0.4 is 14.8 Å². The van der Waals surface area contributed by atoms with Crippen LogP contribution in [0.3, 0.4) is 0 Å². The lowest BCUT2D eigenvalue weighted by atomic mass is 9.87. The van der Waals surface area contributed by atoms with Gasteiger partial charge in [-0.05, 0) is 30.0 Å². The second kappa shape index (κ2) is 9.50. The van der Waals surface area contributed by atoms with Crippen molar-refractivity contribution in [3.63, 3.8) is 0 Å². The zero-order valence-electron chi connectivity index (χ0n) is 17.6. The number of rotatable bonds is 9. The molecule has 3 rings (SSSR count). The standard InChI is InChI=1S/C24H30N2O3/c1-16(2)11-12-25-24(27)14-20(19-10-9-17(28-3)13-23(19)29-4)21-15-26-22-8-6-5-7-18(21)22/h5-10,13,15-16,20,26H,11-12,14H2,1-4H3,(H,25,27). The number of amides is 1. The summed E-state index contributed by atoms with van der Waals surface area (Å²) in [5, 5.41) is 4.19. The number of methoxy groups -OCH3 is 2. The molecule has 0 radical (unpaired) electrons. The fourth-order valence-electron chi connectivity index (χ4n) is 3.63. The van der Waals surface area contributed by atoms with Gasteiger partial charge in [-0.2, -0.15) is 0 Å². The van der Waals surface area contributed by atoms with E-state index in [0.29, 0.717) is 18.9 Å². The fraction of sp³-hybridized carbons (Fsp3) is 0.375. The highest BCUT2D eigenvalue weighted by molar-refractivity contribution is 5.86. The van der Waals surface area contributed by atoms with E-state index < -0.39 is 0 Å². The number of aromatic amines is 1.